The van der Waals surface area contributed by atoms with Gasteiger partial charge in [-0.15, -0.1) is 0 Å². The molecule has 1 aromatic carbocycles. The van der Waals surface area contributed by atoms with E-state index >= 15 is 0 Å². The monoisotopic (exact) mass is 322 g/mol. The van der Waals surface area contributed by atoms with Crippen molar-refractivity contribution < 1.29 is 27.4 Å². The summed E-state index contributed by atoms with van der Waals surface area (Å²) >= 11 is 6.08. The van der Waals surface area contributed by atoms with E-state index in [-0.39, 0.29) is 16.4 Å². The molecule has 2 rings (SSSR count). The smallest absolute Gasteiger partial charge is 0.422 e. The van der Waals surface area contributed by atoms with Crippen LogP contribution in [0.5, 0.6) is 17.6 Å². The van der Waals surface area contributed by atoms with Crippen molar-refractivity contribution in [3.63, 3.8) is 0 Å². The van der Waals surface area contributed by atoms with E-state index in [1.54, 1.807) is 12.1 Å². The number of nitrogens with zero attached hydrogens (tertiary/aromatic N) is 2. The van der Waals surface area contributed by atoms with Gasteiger partial charge in [0.2, 0.25) is 5.88 Å². The molecule has 1 aromatic heterocycles. The van der Waals surface area contributed by atoms with Crippen LogP contribution < -0.4 is 14.2 Å². The first-order chi connectivity index (χ1) is 9.85. The Balaban J connectivity index is 2.51. The summed E-state index contributed by atoms with van der Waals surface area (Å²) in [5.41, 5.74) is 0.181. The highest BCUT2D eigenvalue weighted by molar-refractivity contribution is 6.36. The molecule has 9 heteroatoms. The third-order valence-electron chi connectivity index (χ3n) is 2.49. The largest absolute Gasteiger partial charge is 0.495 e. The Morgan fingerprint density at radius 2 is 1.86 bits per heavy atom. The summed E-state index contributed by atoms with van der Waals surface area (Å²) in [5, 5.41) is 0.565. The molecule has 0 atom stereocenters. The lowest BCUT2D eigenvalue weighted by Crippen LogP contribution is -2.20. The number of hydrogen-bond donors (Lipinski definition) is 0. The first kappa shape index (κ1) is 15.4. The van der Waals surface area contributed by atoms with Crippen molar-refractivity contribution in [1.29, 1.82) is 0 Å². The molecule has 0 saturated carbocycles. The highest BCUT2D eigenvalue weighted by Gasteiger charge is 2.29. The SMILES string of the molecule is COc1ccc2c(OC)nc(OCC(F)(F)F)nc2c1Cl. The Bertz CT molecular complexity index is 664. The molecule has 0 amide bonds. The first-order valence-corrected chi connectivity index (χ1v) is 6.01. The number of alkyl halides is 3. The number of ether oxygens (including phenoxy) is 3. The topological polar surface area (TPSA) is 53.5 Å². The van der Waals surface area contributed by atoms with Crippen LogP contribution >= 0.6 is 11.6 Å². The van der Waals surface area contributed by atoms with Gasteiger partial charge >= 0.3 is 12.2 Å². The van der Waals surface area contributed by atoms with Gasteiger partial charge in [-0.3, -0.25) is 0 Å². The Kier molecular flexibility index (Phi) is 4.26. The van der Waals surface area contributed by atoms with Gasteiger partial charge < -0.3 is 14.2 Å². The summed E-state index contributed by atoms with van der Waals surface area (Å²) in [5.74, 6) is 0.383. The van der Waals surface area contributed by atoms with Crippen molar-refractivity contribution in [1.82, 2.24) is 9.97 Å². The highest BCUT2D eigenvalue weighted by Crippen LogP contribution is 2.36. The van der Waals surface area contributed by atoms with Gasteiger partial charge in [0.05, 0.1) is 19.6 Å². The predicted molar refractivity (Wildman–Crippen MR) is 69.2 cm³/mol. The van der Waals surface area contributed by atoms with Crippen LogP contribution in [0.15, 0.2) is 12.1 Å². The maximum absolute atomic E-state index is 12.2. The van der Waals surface area contributed by atoms with Gasteiger partial charge in [-0.05, 0) is 12.1 Å². The van der Waals surface area contributed by atoms with E-state index in [0.717, 1.165) is 0 Å². The van der Waals surface area contributed by atoms with Crippen molar-refractivity contribution in [3.05, 3.63) is 17.2 Å². The van der Waals surface area contributed by atoms with E-state index in [9.17, 15) is 13.2 Å². The fourth-order valence-electron chi connectivity index (χ4n) is 1.62. The second-order valence-corrected chi connectivity index (χ2v) is 4.28. The van der Waals surface area contributed by atoms with Crippen LogP contribution in [-0.4, -0.2) is 37.0 Å². The number of benzene rings is 1. The number of fused-ring (bicyclic) bond motifs is 1. The van der Waals surface area contributed by atoms with Crippen LogP contribution in [0.25, 0.3) is 10.9 Å². The summed E-state index contributed by atoms with van der Waals surface area (Å²) < 4.78 is 51.1. The Labute approximate surface area is 122 Å². The molecular formula is C12H10ClF3N2O3. The standard InChI is InChI=1S/C12H10ClF3N2O3/c1-19-7-4-3-6-9(8(7)13)17-11(18-10(6)20-2)21-5-12(14,15)16/h3-4H,5H2,1-2H3. The van der Waals surface area contributed by atoms with E-state index in [4.69, 9.17) is 21.1 Å². The number of aromatic nitrogens is 2. The molecule has 0 saturated heterocycles. The lowest BCUT2D eigenvalue weighted by atomic mass is 10.2. The normalized spacial score (nSPS) is 11.5. The first-order valence-electron chi connectivity index (χ1n) is 5.63. The molecule has 1 heterocycles. The van der Waals surface area contributed by atoms with Crippen LogP contribution in [0, 0.1) is 0 Å². The number of methoxy groups -OCH3 is 2. The Morgan fingerprint density at radius 1 is 1.14 bits per heavy atom. The molecule has 0 N–H and O–H groups in total. The molecule has 0 fully saturated rings. The fraction of sp³-hybridized carbons (Fsp3) is 0.333. The quantitative estimate of drug-likeness (QED) is 0.865. The van der Waals surface area contributed by atoms with Gasteiger partial charge in [0, 0.05) is 0 Å². The van der Waals surface area contributed by atoms with Crippen LogP contribution in [0.4, 0.5) is 13.2 Å². The number of rotatable bonds is 4. The molecule has 2 aromatic rings. The Hall–Kier alpha value is -1.96. The summed E-state index contributed by atoms with van der Waals surface area (Å²) in [4.78, 5) is 7.63. The van der Waals surface area contributed by atoms with Crippen molar-refractivity contribution in [3.8, 4) is 17.6 Å². The molecule has 114 valence electrons. The van der Waals surface area contributed by atoms with E-state index in [2.05, 4.69) is 14.7 Å². The molecule has 0 aliphatic rings. The molecule has 0 radical (unpaired) electrons. The fourth-order valence-corrected chi connectivity index (χ4v) is 1.90. The van der Waals surface area contributed by atoms with Gasteiger partial charge in [-0.2, -0.15) is 23.1 Å². The molecule has 0 spiro atoms. The summed E-state index contributed by atoms with van der Waals surface area (Å²) in [6.07, 6.45) is -4.50. The van der Waals surface area contributed by atoms with Crippen molar-refractivity contribution in [2.24, 2.45) is 0 Å². The van der Waals surface area contributed by atoms with Gasteiger partial charge in [0.15, 0.2) is 6.61 Å². The lowest BCUT2D eigenvalue weighted by Gasteiger charge is -2.12. The van der Waals surface area contributed by atoms with E-state index in [1.807, 2.05) is 0 Å². The van der Waals surface area contributed by atoms with Crippen molar-refractivity contribution in [2.75, 3.05) is 20.8 Å². The van der Waals surface area contributed by atoms with E-state index in [1.165, 1.54) is 14.2 Å². The maximum atomic E-state index is 12.2. The van der Waals surface area contributed by atoms with Gasteiger partial charge in [-0.25, -0.2) is 0 Å². The molecule has 5 nitrogen and oxygen atoms in total. The number of hydrogen-bond acceptors (Lipinski definition) is 5. The van der Waals surface area contributed by atoms with Gasteiger partial charge in [0.1, 0.15) is 16.3 Å². The molecule has 0 unspecified atom stereocenters. The minimum Gasteiger partial charge on any atom is -0.495 e. The van der Waals surface area contributed by atoms with Crippen LogP contribution in [0.2, 0.25) is 5.02 Å². The lowest BCUT2D eigenvalue weighted by molar-refractivity contribution is -0.154. The van der Waals surface area contributed by atoms with Gasteiger partial charge in [0.25, 0.3) is 0 Å². The predicted octanol–water partition coefficient (Wildman–Crippen LogP) is 3.24. The zero-order valence-corrected chi connectivity index (χ0v) is 11.7. The minimum atomic E-state index is -4.50. The van der Waals surface area contributed by atoms with Crippen molar-refractivity contribution in [2.45, 2.75) is 6.18 Å². The minimum absolute atomic E-state index is 0.0572. The third-order valence-corrected chi connectivity index (χ3v) is 2.86. The van der Waals surface area contributed by atoms with Crippen LogP contribution in [0.3, 0.4) is 0 Å². The molecular weight excluding hydrogens is 313 g/mol. The van der Waals surface area contributed by atoms with Crippen LogP contribution in [-0.2, 0) is 0 Å². The second-order valence-electron chi connectivity index (χ2n) is 3.90. The maximum Gasteiger partial charge on any atom is 0.422 e. The molecule has 21 heavy (non-hydrogen) atoms. The van der Waals surface area contributed by atoms with Gasteiger partial charge in [-0.1, -0.05) is 11.6 Å². The summed E-state index contributed by atoms with van der Waals surface area (Å²) in [7, 11) is 2.74. The molecule has 0 aliphatic heterocycles. The summed E-state index contributed by atoms with van der Waals surface area (Å²) in [6, 6.07) is 2.69. The zero-order chi connectivity index (χ0) is 15.6. The average Bonchev–Trinajstić information content (AvgIpc) is 2.44. The van der Waals surface area contributed by atoms with E-state index in [0.29, 0.717) is 11.1 Å². The summed E-state index contributed by atoms with van der Waals surface area (Å²) in [6.45, 7) is -1.51. The van der Waals surface area contributed by atoms with Crippen molar-refractivity contribution >= 4 is 22.5 Å². The zero-order valence-electron chi connectivity index (χ0n) is 11.0. The Morgan fingerprint density at radius 3 is 2.43 bits per heavy atom. The number of halogens is 4. The second kappa shape index (κ2) is 5.80. The van der Waals surface area contributed by atoms with E-state index < -0.39 is 18.8 Å². The molecule has 0 bridgehead atoms. The molecule has 0 aliphatic carbocycles. The third kappa shape index (κ3) is 3.38. The van der Waals surface area contributed by atoms with Crippen LogP contribution in [0.1, 0.15) is 0 Å². The average molecular weight is 323 g/mol. The highest BCUT2D eigenvalue weighted by atomic mass is 35.5.